The van der Waals surface area contributed by atoms with E-state index in [0.717, 1.165) is 38.0 Å². The van der Waals surface area contributed by atoms with Crippen LogP contribution in [-0.4, -0.2) is 49.6 Å². The molecule has 1 amide bonds. The molecule has 1 saturated heterocycles. The number of amides is 1. The Morgan fingerprint density at radius 3 is 2.45 bits per heavy atom. The second-order valence-electron chi connectivity index (χ2n) is 6.48. The topological polar surface area (TPSA) is 34.0 Å². The molecule has 0 atom stereocenters. The van der Waals surface area contributed by atoms with Crippen LogP contribution >= 0.6 is 0 Å². The fourth-order valence-electron chi connectivity index (χ4n) is 3.72. The summed E-state index contributed by atoms with van der Waals surface area (Å²) in [6.45, 7) is 4.11. The Balaban J connectivity index is 1.41. The lowest BCUT2D eigenvalue weighted by Gasteiger charge is -2.38. The van der Waals surface area contributed by atoms with E-state index in [1.165, 1.54) is 32.1 Å². The highest BCUT2D eigenvalue weighted by Crippen LogP contribution is 2.15. The van der Waals surface area contributed by atoms with Crippen molar-refractivity contribution in [1.82, 2.24) is 4.90 Å². The van der Waals surface area contributed by atoms with Gasteiger partial charge in [-0.1, -0.05) is 24.6 Å². The average molecular weight is 303 g/mol. The van der Waals surface area contributed by atoms with Gasteiger partial charge in [0.15, 0.2) is 6.61 Å². The maximum absolute atomic E-state index is 12.2. The zero-order valence-corrected chi connectivity index (χ0v) is 13.3. The highest BCUT2D eigenvalue weighted by molar-refractivity contribution is 5.77. The summed E-state index contributed by atoms with van der Waals surface area (Å²) < 4.78 is 5.57. The fourth-order valence-corrected chi connectivity index (χ4v) is 3.72. The van der Waals surface area contributed by atoms with E-state index >= 15 is 0 Å². The van der Waals surface area contributed by atoms with Crippen molar-refractivity contribution >= 4 is 5.91 Å². The van der Waals surface area contributed by atoms with Crippen molar-refractivity contribution in [3.8, 4) is 5.75 Å². The van der Waals surface area contributed by atoms with E-state index < -0.39 is 0 Å². The zero-order valence-electron chi connectivity index (χ0n) is 13.3. The third-order valence-electron chi connectivity index (χ3n) is 5.05. The van der Waals surface area contributed by atoms with Crippen LogP contribution in [0.15, 0.2) is 30.3 Å². The van der Waals surface area contributed by atoms with Crippen LogP contribution in [-0.2, 0) is 4.79 Å². The van der Waals surface area contributed by atoms with E-state index in [1.807, 2.05) is 35.2 Å². The Labute approximate surface area is 133 Å². The Kier molecular flexibility index (Phi) is 5.33. The van der Waals surface area contributed by atoms with Crippen LogP contribution in [0.4, 0.5) is 0 Å². The smallest absolute Gasteiger partial charge is 0.260 e. The number of hydrogen-bond acceptors (Lipinski definition) is 2. The van der Waals surface area contributed by atoms with Crippen molar-refractivity contribution < 1.29 is 14.4 Å². The predicted molar refractivity (Wildman–Crippen MR) is 86.1 cm³/mol. The maximum atomic E-state index is 12.2. The zero-order chi connectivity index (χ0) is 15.2. The number of nitrogens with zero attached hydrogens (tertiary/aromatic N) is 1. The van der Waals surface area contributed by atoms with Gasteiger partial charge >= 0.3 is 0 Å². The predicted octanol–water partition coefficient (Wildman–Crippen LogP) is 1.13. The second kappa shape index (κ2) is 7.63. The minimum atomic E-state index is 0.117. The molecule has 0 radical (unpaired) electrons. The monoisotopic (exact) mass is 303 g/mol. The van der Waals surface area contributed by atoms with Crippen LogP contribution in [0.25, 0.3) is 0 Å². The van der Waals surface area contributed by atoms with E-state index in [1.54, 1.807) is 4.90 Å². The fraction of sp³-hybridized carbons (Fsp3) is 0.611. The molecule has 120 valence electrons. The van der Waals surface area contributed by atoms with E-state index in [4.69, 9.17) is 4.74 Å². The van der Waals surface area contributed by atoms with Crippen molar-refractivity contribution in [1.29, 1.82) is 0 Å². The molecule has 1 saturated carbocycles. The molecule has 2 fully saturated rings. The van der Waals surface area contributed by atoms with Gasteiger partial charge in [0.05, 0.1) is 32.2 Å². The minimum absolute atomic E-state index is 0.117. The molecule has 1 aromatic rings. The number of carbonyl (C=O) groups is 1. The molecule has 0 bridgehead atoms. The lowest BCUT2D eigenvalue weighted by atomic mass is 9.94. The molecule has 1 aliphatic heterocycles. The molecular formula is C18H27N2O2+. The molecule has 0 spiro atoms. The summed E-state index contributed by atoms with van der Waals surface area (Å²) in [5.41, 5.74) is 0. The first-order chi connectivity index (χ1) is 10.8. The standard InChI is InChI=1S/C18H26N2O2/c21-18(15-22-17-9-5-2-6-10-17)20-13-11-19(12-14-20)16-7-3-1-4-8-16/h2,5-6,9-10,16H,1,3-4,7-8,11-15H2/p+1. The molecule has 3 rings (SSSR count). The molecule has 4 heteroatoms. The van der Waals surface area contributed by atoms with Gasteiger partial charge in [0.25, 0.3) is 5.91 Å². The second-order valence-corrected chi connectivity index (χ2v) is 6.48. The summed E-state index contributed by atoms with van der Waals surface area (Å²) in [5.74, 6) is 0.883. The summed E-state index contributed by atoms with van der Waals surface area (Å²) in [7, 11) is 0. The van der Waals surface area contributed by atoms with E-state index in [9.17, 15) is 4.79 Å². The molecule has 1 N–H and O–H groups in total. The molecule has 0 aromatic heterocycles. The van der Waals surface area contributed by atoms with Gasteiger partial charge in [-0.25, -0.2) is 0 Å². The molecule has 1 heterocycles. The van der Waals surface area contributed by atoms with E-state index in [0.29, 0.717) is 0 Å². The Hall–Kier alpha value is -1.55. The van der Waals surface area contributed by atoms with Gasteiger partial charge in [0.2, 0.25) is 0 Å². The summed E-state index contributed by atoms with van der Waals surface area (Å²) in [6, 6.07) is 10.4. The van der Waals surface area contributed by atoms with Crippen molar-refractivity contribution in [3.63, 3.8) is 0 Å². The van der Waals surface area contributed by atoms with E-state index in [2.05, 4.69) is 0 Å². The molecule has 2 aliphatic rings. The van der Waals surface area contributed by atoms with Crippen LogP contribution in [0.3, 0.4) is 0 Å². The molecule has 4 nitrogen and oxygen atoms in total. The van der Waals surface area contributed by atoms with Crippen molar-refractivity contribution in [2.75, 3.05) is 32.8 Å². The lowest BCUT2D eigenvalue weighted by molar-refractivity contribution is -0.930. The van der Waals surface area contributed by atoms with E-state index in [-0.39, 0.29) is 12.5 Å². The number of nitrogens with one attached hydrogen (secondary N) is 1. The summed E-state index contributed by atoms with van der Waals surface area (Å²) in [6.07, 6.45) is 6.94. The Morgan fingerprint density at radius 1 is 1.09 bits per heavy atom. The van der Waals surface area contributed by atoms with Crippen molar-refractivity contribution in [2.45, 2.75) is 38.1 Å². The number of ether oxygens (including phenoxy) is 1. The summed E-state index contributed by atoms with van der Waals surface area (Å²) >= 11 is 0. The quantitative estimate of drug-likeness (QED) is 0.904. The van der Waals surface area contributed by atoms with Crippen LogP contribution in [0.1, 0.15) is 32.1 Å². The van der Waals surface area contributed by atoms with Crippen molar-refractivity contribution in [3.05, 3.63) is 30.3 Å². The third-order valence-corrected chi connectivity index (χ3v) is 5.05. The van der Waals surface area contributed by atoms with Crippen molar-refractivity contribution in [2.24, 2.45) is 0 Å². The van der Waals surface area contributed by atoms with Crippen LogP contribution in [0, 0.1) is 0 Å². The average Bonchev–Trinajstić information content (AvgIpc) is 2.61. The summed E-state index contributed by atoms with van der Waals surface area (Å²) in [4.78, 5) is 15.9. The normalized spacial score (nSPS) is 20.8. The van der Waals surface area contributed by atoms with Crippen LogP contribution in [0.5, 0.6) is 5.75 Å². The lowest BCUT2D eigenvalue weighted by Crippen LogP contribution is -3.18. The number of carbonyl (C=O) groups excluding carboxylic acids is 1. The first kappa shape index (κ1) is 15.3. The van der Waals surface area contributed by atoms with Gasteiger partial charge in [0.1, 0.15) is 5.75 Å². The van der Waals surface area contributed by atoms with Gasteiger partial charge < -0.3 is 14.5 Å². The highest BCUT2D eigenvalue weighted by atomic mass is 16.5. The van der Waals surface area contributed by atoms with Gasteiger partial charge in [-0.2, -0.15) is 0 Å². The highest BCUT2D eigenvalue weighted by Gasteiger charge is 2.30. The first-order valence-electron chi connectivity index (χ1n) is 8.63. The van der Waals surface area contributed by atoms with Crippen LogP contribution < -0.4 is 9.64 Å². The molecule has 22 heavy (non-hydrogen) atoms. The van der Waals surface area contributed by atoms with Gasteiger partial charge in [0, 0.05) is 0 Å². The van der Waals surface area contributed by atoms with Crippen LogP contribution in [0.2, 0.25) is 0 Å². The number of benzene rings is 1. The van der Waals surface area contributed by atoms with Gasteiger partial charge in [-0.15, -0.1) is 0 Å². The SMILES string of the molecule is O=C(COc1ccccc1)N1CC[NH+](C2CCCCC2)CC1. The van der Waals surface area contributed by atoms with Gasteiger partial charge in [-0.3, -0.25) is 4.79 Å². The number of para-hydroxylation sites is 1. The third kappa shape index (κ3) is 4.01. The van der Waals surface area contributed by atoms with Gasteiger partial charge in [-0.05, 0) is 37.8 Å². The number of hydrogen-bond donors (Lipinski definition) is 1. The summed E-state index contributed by atoms with van der Waals surface area (Å²) in [5, 5.41) is 0. The number of quaternary nitrogens is 1. The molecule has 1 aliphatic carbocycles. The Bertz CT molecular complexity index is 463. The molecular weight excluding hydrogens is 276 g/mol. The first-order valence-corrected chi connectivity index (χ1v) is 8.63. The largest absolute Gasteiger partial charge is 0.484 e. The number of piperazine rings is 1. The minimum Gasteiger partial charge on any atom is -0.484 e. The molecule has 1 aromatic carbocycles. The number of rotatable bonds is 4. The maximum Gasteiger partial charge on any atom is 0.260 e. The Morgan fingerprint density at radius 2 is 1.77 bits per heavy atom. The molecule has 0 unspecified atom stereocenters.